The number of rotatable bonds is 4. The normalized spacial score (nSPS) is 15.7. The molecule has 1 aliphatic carbocycles. The van der Waals surface area contributed by atoms with Gasteiger partial charge >= 0.3 is 5.97 Å². The predicted molar refractivity (Wildman–Crippen MR) is 86.0 cm³/mol. The second kappa shape index (κ2) is 6.31. The molecule has 0 heterocycles. The standard InChI is InChI=1S/C18H14ClNO3/c19-16-2-1-3-17(15(16)10-20)23-13-6-7-14-11(8-13)4-5-12(14)9-18(21)22/h1-3,6-8,12H,4-5,9H2,(H,21,22)/t12-/m0/s1. The van der Waals surface area contributed by atoms with Crippen LogP contribution in [0, 0.1) is 11.3 Å². The quantitative estimate of drug-likeness (QED) is 0.897. The van der Waals surface area contributed by atoms with Crippen molar-refractivity contribution in [1.82, 2.24) is 0 Å². The lowest BCUT2D eigenvalue weighted by Gasteiger charge is -2.11. The molecular formula is C18H14ClNO3. The summed E-state index contributed by atoms with van der Waals surface area (Å²) in [5.41, 5.74) is 2.49. The summed E-state index contributed by atoms with van der Waals surface area (Å²) in [6.07, 6.45) is 1.83. The maximum absolute atomic E-state index is 10.9. The highest BCUT2D eigenvalue weighted by Gasteiger charge is 2.25. The number of halogens is 1. The first-order valence-corrected chi connectivity index (χ1v) is 7.67. The maximum Gasteiger partial charge on any atom is 0.303 e. The number of carbonyl (C=O) groups is 1. The van der Waals surface area contributed by atoms with Gasteiger partial charge in [0, 0.05) is 0 Å². The van der Waals surface area contributed by atoms with E-state index in [1.165, 1.54) is 0 Å². The van der Waals surface area contributed by atoms with Crippen LogP contribution in [0.25, 0.3) is 0 Å². The van der Waals surface area contributed by atoms with E-state index in [1.54, 1.807) is 24.3 Å². The number of ether oxygens (including phenoxy) is 1. The minimum atomic E-state index is -0.777. The first-order chi connectivity index (χ1) is 11.1. The van der Waals surface area contributed by atoms with Gasteiger partial charge in [-0.25, -0.2) is 0 Å². The van der Waals surface area contributed by atoms with Gasteiger partial charge in [0.25, 0.3) is 0 Å². The van der Waals surface area contributed by atoms with Gasteiger partial charge in [-0.15, -0.1) is 0 Å². The molecule has 1 atom stereocenters. The Hall–Kier alpha value is -2.51. The molecule has 116 valence electrons. The molecule has 0 spiro atoms. The van der Waals surface area contributed by atoms with Gasteiger partial charge < -0.3 is 9.84 Å². The van der Waals surface area contributed by atoms with E-state index in [-0.39, 0.29) is 12.3 Å². The molecule has 2 aromatic rings. The van der Waals surface area contributed by atoms with Crippen molar-refractivity contribution in [3.8, 4) is 17.6 Å². The van der Waals surface area contributed by atoms with Crippen LogP contribution in [-0.2, 0) is 11.2 Å². The van der Waals surface area contributed by atoms with E-state index >= 15 is 0 Å². The fraction of sp³-hybridized carbons (Fsp3) is 0.222. The first kappa shape index (κ1) is 15.4. The molecular weight excluding hydrogens is 314 g/mol. The fourth-order valence-electron chi connectivity index (χ4n) is 2.99. The van der Waals surface area contributed by atoms with Crippen LogP contribution in [-0.4, -0.2) is 11.1 Å². The Morgan fingerprint density at radius 2 is 2.22 bits per heavy atom. The molecule has 0 fully saturated rings. The van der Waals surface area contributed by atoms with Gasteiger partial charge in [-0.05, 0) is 54.2 Å². The highest BCUT2D eigenvalue weighted by Crippen LogP contribution is 2.38. The molecule has 0 bridgehead atoms. The van der Waals surface area contributed by atoms with Gasteiger partial charge in [-0.2, -0.15) is 5.26 Å². The van der Waals surface area contributed by atoms with Gasteiger partial charge in [0.1, 0.15) is 23.1 Å². The zero-order valence-corrected chi connectivity index (χ0v) is 13.0. The third-order valence-electron chi connectivity index (χ3n) is 4.05. The summed E-state index contributed by atoms with van der Waals surface area (Å²) in [6.45, 7) is 0. The van der Waals surface area contributed by atoms with Gasteiger partial charge in [0.2, 0.25) is 0 Å². The van der Waals surface area contributed by atoms with E-state index in [2.05, 4.69) is 0 Å². The maximum atomic E-state index is 10.9. The summed E-state index contributed by atoms with van der Waals surface area (Å²) in [5.74, 6) is 0.330. The molecule has 0 radical (unpaired) electrons. The van der Waals surface area contributed by atoms with Crippen LogP contribution in [0.3, 0.4) is 0 Å². The van der Waals surface area contributed by atoms with Crippen molar-refractivity contribution in [2.45, 2.75) is 25.2 Å². The smallest absolute Gasteiger partial charge is 0.303 e. The largest absolute Gasteiger partial charge is 0.481 e. The minimum absolute atomic E-state index is 0.0670. The van der Waals surface area contributed by atoms with Crippen LogP contribution in [0.5, 0.6) is 11.5 Å². The number of hydrogen-bond acceptors (Lipinski definition) is 3. The number of benzene rings is 2. The minimum Gasteiger partial charge on any atom is -0.481 e. The van der Waals surface area contributed by atoms with Gasteiger partial charge in [0.05, 0.1) is 11.4 Å². The van der Waals surface area contributed by atoms with E-state index in [1.807, 2.05) is 18.2 Å². The number of aryl methyl sites for hydroxylation is 1. The molecule has 1 N–H and O–H groups in total. The van der Waals surface area contributed by atoms with Crippen molar-refractivity contribution in [2.24, 2.45) is 0 Å². The molecule has 5 heteroatoms. The zero-order chi connectivity index (χ0) is 16.4. The van der Waals surface area contributed by atoms with E-state index in [0.29, 0.717) is 22.1 Å². The van der Waals surface area contributed by atoms with Crippen molar-refractivity contribution in [1.29, 1.82) is 5.26 Å². The Balaban J connectivity index is 1.86. The average molecular weight is 328 g/mol. The van der Waals surface area contributed by atoms with E-state index in [9.17, 15) is 10.1 Å². The van der Waals surface area contributed by atoms with Crippen molar-refractivity contribution < 1.29 is 14.6 Å². The molecule has 0 aromatic heterocycles. The van der Waals surface area contributed by atoms with Crippen LogP contribution in [0.15, 0.2) is 36.4 Å². The SMILES string of the molecule is N#Cc1c(Cl)cccc1Oc1ccc2c(c1)CC[C@H]2CC(=O)O. The molecule has 1 aliphatic rings. The number of fused-ring (bicyclic) bond motifs is 1. The highest BCUT2D eigenvalue weighted by molar-refractivity contribution is 6.31. The van der Waals surface area contributed by atoms with Crippen LogP contribution in [0.4, 0.5) is 0 Å². The van der Waals surface area contributed by atoms with Crippen LogP contribution >= 0.6 is 11.6 Å². The molecule has 2 aromatic carbocycles. The Bertz CT molecular complexity index is 810. The number of aliphatic carboxylic acids is 1. The lowest BCUT2D eigenvalue weighted by Crippen LogP contribution is -2.02. The number of carboxylic acid groups (broad SMARTS) is 1. The molecule has 3 rings (SSSR count). The third kappa shape index (κ3) is 3.15. The number of hydrogen-bond donors (Lipinski definition) is 1. The lowest BCUT2D eigenvalue weighted by atomic mass is 9.98. The van der Waals surface area contributed by atoms with E-state index in [4.69, 9.17) is 21.4 Å². The summed E-state index contributed by atoms with van der Waals surface area (Å²) in [5, 5.41) is 18.5. The monoisotopic (exact) mass is 327 g/mol. The van der Waals surface area contributed by atoms with Gasteiger partial charge in [-0.3, -0.25) is 4.79 Å². The van der Waals surface area contributed by atoms with Crippen molar-refractivity contribution in [3.05, 3.63) is 58.1 Å². The average Bonchev–Trinajstić information content (AvgIpc) is 2.89. The highest BCUT2D eigenvalue weighted by atomic mass is 35.5. The first-order valence-electron chi connectivity index (χ1n) is 7.29. The molecule has 0 amide bonds. The number of carboxylic acids is 1. The van der Waals surface area contributed by atoms with Gasteiger partial charge in [0.15, 0.2) is 0 Å². The van der Waals surface area contributed by atoms with E-state index < -0.39 is 5.97 Å². The van der Waals surface area contributed by atoms with Gasteiger partial charge in [-0.1, -0.05) is 23.7 Å². The number of nitrogens with zero attached hydrogens (tertiary/aromatic N) is 1. The summed E-state index contributed by atoms with van der Waals surface area (Å²) in [7, 11) is 0. The van der Waals surface area contributed by atoms with Crippen LogP contribution < -0.4 is 4.74 Å². The Morgan fingerprint density at radius 3 is 2.96 bits per heavy atom. The van der Waals surface area contributed by atoms with Crippen LogP contribution in [0.1, 0.15) is 35.4 Å². The van der Waals surface area contributed by atoms with Crippen LogP contribution in [0.2, 0.25) is 5.02 Å². The Labute approximate surface area is 138 Å². The summed E-state index contributed by atoms with van der Waals surface area (Å²) in [4.78, 5) is 10.9. The number of nitriles is 1. The van der Waals surface area contributed by atoms with Crippen molar-refractivity contribution >= 4 is 17.6 Å². The Morgan fingerprint density at radius 1 is 1.39 bits per heavy atom. The van der Waals surface area contributed by atoms with Crippen molar-refractivity contribution in [2.75, 3.05) is 0 Å². The second-order valence-electron chi connectivity index (χ2n) is 5.52. The molecule has 0 saturated heterocycles. The summed E-state index contributed by atoms with van der Waals surface area (Å²) >= 11 is 6.00. The molecule has 23 heavy (non-hydrogen) atoms. The fourth-order valence-corrected chi connectivity index (χ4v) is 3.20. The van der Waals surface area contributed by atoms with E-state index in [0.717, 1.165) is 24.0 Å². The summed E-state index contributed by atoms with van der Waals surface area (Å²) < 4.78 is 5.80. The molecule has 0 aliphatic heterocycles. The zero-order valence-electron chi connectivity index (χ0n) is 12.3. The molecule has 4 nitrogen and oxygen atoms in total. The lowest BCUT2D eigenvalue weighted by molar-refractivity contribution is -0.137. The Kier molecular flexibility index (Phi) is 4.22. The molecule has 0 saturated carbocycles. The predicted octanol–water partition coefficient (Wildman–Crippen LogP) is 4.51. The topological polar surface area (TPSA) is 70.3 Å². The third-order valence-corrected chi connectivity index (χ3v) is 4.37. The second-order valence-corrected chi connectivity index (χ2v) is 5.93. The summed E-state index contributed by atoms with van der Waals surface area (Å²) in [6, 6.07) is 12.8. The molecule has 0 unspecified atom stereocenters. The van der Waals surface area contributed by atoms with Crippen molar-refractivity contribution in [3.63, 3.8) is 0 Å².